The fourth-order valence-electron chi connectivity index (χ4n) is 0.828. The van der Waals surface area contributed by atoms with E-state index in [1.165, 1.54) is 7.11 Å². The molecule has 0 fully saturated rings. The first kappa shape index (κ1) is 11.9. The molecule has 1 atom stereocenters. The maximum atomic E-state index is 11.1. The Bertz CT molecular complexity index is 196. The lowest BCUT2D eigenvalue weighted by Crippen LogP contribution is -2.09. The zero-order valence-electron chi connectivity index (χ0n) is 8.21. The molecule has 0 aliphatic rings. The number of allylic oxidation sites excluding steroid dienone is 1. The molecule has 0 aromatic carbocycles. The van der Waals surface area contributed by atoms with Crippen molar-refractivity contribution in [2.24, 2.45) is 5.92 Å². The summed E-state index contributed by atoms with van der Waals surface area (Å²) in [7, 11) is 1.28. The smallest absolute Gasteiger partial charge is 0.313 e. The van der Waals surface area contributed by atoms with E-state index in [0.29, 0.717) is 12.3 Å². The van der Waals surface area contributed by atoms with Crippen LogP contribution in [0.15, 0.2) is 12.7 Å². The molecule has 0 aromatic rings. The Balaban J connectivity index is 3.63. The Morgan fingerprint density at radius 2 is 2.15 bits per heavy atom. The third-order valence-corrected chi connectivity index (χ3v) is 1.85. The molecule has 0 aliphatic carbocycles. The third-order valence-electron chi connectivity index (χ3n) is 1.85. The number of hydrogen-bond acceptors (Lipinski definition) is 3. The SMILES string of the molecule is C=C[C@@H](C)CCC(=O)CC(=O)OC. The van der Waals surface area contributed by atoms with E-state index in [1.807, 2.05) is 6.92 Å². The van der Waals surface area contributed by atoms with Crippen molar-refractivity contribution in [2.75, 3.05) is 7.11 Å². The highest BCUT2D eigenvalue weighted by Gasteiger charge is 2.09. The first-order valence-electron chi connectivity index (χ1n) is 4.31. The highest BCUT2D eigenvalue weighted by atomic mass is 16.5. The van der Waals surface area contributed by atoms with Gasteiger partial charge in [0.25, 0.3) is 0 Å². The molecule has 0 bridgehead atoms. The summed E-state index contributed by atoms with van der Waals surface area (Å²) in [4.78, 5) is 21.8. The van der Waals surface area contributed by atoms with Gasteiger partial charge in [-0.15, -0.1) is 6.58 Å². The van der Waals surface area contributed by atoms with Gasteiger partial charge in [0.1, 0.15) is 12.2 Å². The van der Waals surface area contributed by atoms with E-state index >= 15 is 0 Å². The van der Waals surface area contributed by atoms with Crippen LogP contribution in [0, 0.1) is 5.92 Å². The second kappa shape index (κ2) is 6.40. The van der Waals surface area contributed by atoms with Crippen LogP contribution >= 0.6 is 0 Å². The van der Waals surface area contributed by atoms with Gasteiger partial charge in [-0.3, -0.25) is 9.59 Å². The van der Waals surface area contributed by atoms with Crippen molar-refractivity contribution in [1.82, 2.24) is 0 Å². The average molecular weight is 184 g/mol. The van der Waals surface area contributed by atoms with E-state index in [1.54, 1.807) is 6.08 Å². The number of ketones is 1. The minimum Gasteiger partial charge on any atom is -0.469 e. The quantitative estimate of drug-likeness (QED) is 0.358. The molecule has 0 aliphatic heterocycles. The fraction of sp³-hybridized carbons (Fsp3) is 0.600. The van der Waals surface area contributed by atoms with Gasteiger partial charge in [-0.05, 0) is 12.3 Å². The van der Waals surface area contributed by atoms with Gasteiger partial charge in [0, 0.05) is 6.42 Å². The molecule has 3 heteroatoms. The Hall–Kier alpha value is -1.12. The molecule has 0 saturated heterocycles. The van der Waals surface area contributed by atoms with Crippen LogP contribution in [0.25, 0.3) is 0 Å². The van der Waals surface area contributed by atoms with Crippen molar-refractivity contribution in [3.63, 3.8) is 0 Å². The first-order chi connectivity index (χ1) is 6.10. The summed E-state index contributed by atoms with van der Waals surface area (Å²) in [5.41, 5.74) is 0. The zero-order chi connectivity index (χ0) is 10.3. The van der Waals surface area contributed by atoms with E-state index in [0.717, 1.165) is 6.42 Å². The molecule has 0 rings (SSSR count). The number of hydrogen-bond donors (Lipinski definition) is 0. The summed E-state index contributed by atoms with van der Waals surface area (Å²) in [6, 6.07) is 0. The Labute approximate surface area is 78.8 Å². The van der Waals surface area contributed by atoms with E-state index in [9.17, 15) is 9.59 Å². The van der Waals surface area contributed by atoms with E-state index < -0.39 is 5.97 Å². The molecule has 74 valence electrons. The van der Waals surface area contributed by atoms with Crippen LogP contribution in [-0.4, -0.2) is 18.9 Å². The molecular weight excluding hydrogens is 168 g/mol. The number of rotatable bonds is 6. The molecule has 0 heterocycles. The summed E-state index contributed by atoms with van der Waals surface area (Å²) in [6.45, 7) is 5.60. The van der Waals surface area contributed by atoms with Crippen LogP contribution in [-0.2, 0) is 14.3 Å². The number of ether oxygens (including phenoxy) is 1. The number of carbonyl (C=O) groups is 2. The van der Waals surface area contributed by atoms with Crippen LogP contribution in [0.4, 0.5) is 0 Å². The summed E-state index contributed by atoms with van der Waals surface area (Å²) in [5, 5.41) is 0. The van der Waals surface area contributed by atoms with Crippen molar-refractivity contribution in [3.05, 3.63) is 12.7 Å². The van der Waals surface area contributed by atoms with Crippen LogP contribution in [0.3, 0.4) is 0 Å². The lowest BCUT2D eigenvalue weighted by atomic mass is 10.0. The normalized spacial score (nSPS) is 11.8. The summed E-state index contributed by atoms with van der Waals surface area (Å²) in [5.74, 6) is -0.210. The molecular formula is C10H16O3. The van der Waals surface area contributed by atoms with E-state index in [2.05, 4.69) is 11.3 Å². The van der Waals surface area contributed by atoms with Gasteiger partial charge in [0.15, 0.2) is 0 Å². The molecule has 0 spiro atoms. The van der Waals surface area contributed by atoms with Crippen molar-refractivity contribution >= 4 is 11.8 Å². The monoisotopic (exact) mass is 184 g/mol. The van der Waals surface area contributed by atoms with Gasteiger partial charge in [0.05, 0.1) is 7.11 Å². The highest BCUT2D eigenvalue weighted by molar-refractivity contribution is 5.95. The molecule has 0 amide bonds. The van der Waals surface area contributed by atoms with Crippen LogP contribution in [0.1, 0.15) is 26.2 Å². The minimum absolute atomic E-state index is 0.0689. The van der Waals surface area contributed by atoms with Crippen molar-refractivity contribution < 1.29 is 14.3 Å². The summed E-state index contributed by atoms with van der Waals surface area (Å²) in [6.07, 6.45) is 2.85. The zero-order valence-corrected chi connectivity index (χ0v) is 8.21. The van der Waals surface area contributed by atoms with Gasteiger partial charge >= 0.3 is 5.97 Å². The van der Waals surface area contributed by atoms with Gasteiger partial charge in [0.2, 0.25) is 0 Å². The highest BCUT2D eigenvalue weighted by Crippen LogP contribution is 2.07. The largest absolute Gasteiger partial charge is 0.469 e. The van der Waals surface area contributed by atoms with E-state index in [4.69, 9.17) is 0 Å². The maximum absolute atomic E-state index is 11.1. The number of methoxy groups -OCH3 is 1. The molecule has 13 heavy (non-hydrogen) atoms. The molecule has 0 radical (unpaired) electrons. The predicted octanol–water partition coefficient (Wildman–Crippen LogP) is 1.72. The second-order valence-electron chi connectivity index (χ2n) is 3.04. The maximum Gasteiger partial charge on any atom is 0.313 e. The molecule has 0 unspecified atom stereocenters. The summed E-state index contributed by atoms with van der Waals surface area (Å²) < 4.78 is 4.37. The number of carbonyl (C=O) groups excluding carboxylic acids is 2. The topological polar surface area (TPSA) is 43.4 Å². The van der Waals surface area contributed by atoms with Crippen LogP contribution in [0.2, 0.25) is 0 Å². The Morgan fingerprint density at radius 1 is 1.54 bits per heavy atom. The van der Waals surface area contributed by atoms with Gasteiger partial charge in [-0.2, -0.15) is 0 Å². The fourth-order valence-corrected chi connectivity index (χ4v) is 0.828. The molecule has 0 saturated carbocycles. The van der Waals surface area contributed by atoms with E-state index in [-0.39, 0.29) is 12.2 Å². The lowest BCUT2D eigenvalue weighted by Gasteiger charge is -2.03. The molecule has 0 aromatic heterocycles. The lowest BCUT2D eigenvalue weighted by molar-refractivity contribution is -0.143. The van der Waals surface area contributed by atoms with Crippen LogP contribution < -0.4 is 0 Å². The second-order valence-corrected chi connectivity index (χ2v) is 3.04. The number of esters is 1. The first-order valence-corrected chi connectivity index (χ1v) is 4.31. The van der Waals surface area contributed by atoms with Crippen LogP contribution in [0.5, 0.6) is 0 Å². The van der Waals surface area contributed by atoms with Crippen molar-refractivity contribution in [1.29, 1.82) is 0 Å². The van der Waals surface area contributed by atoms with Gasteiger partial charge in [-0.1, -0.05) is 13.0 Å². The standard InChI is InChI=1S/C10H16O3/c1-4-8(2)5-6-9(11)7-10(12)13-3/h4,8H,1,5-7H2,2-3H3/t8-/m1/s1. The third kappa shape index (κ3) is 6.08. The molecule has 3 nitrogen and oxygen atoms in total. The average Bonchev–Trinajstić information content (AvgIpc) is 2.13. The minimum atomic E-state index is -0.462. The van der Waals surface area contributed by atoms with Gasteiger partial charge in [-0.25, -0.2) is 0 Å². The molecule has 0 N–H and O–H groups in total. The van der Waals surface area contributed by atoms with Gasteiger partial charge < -0.3 is 4.74 Å². The Morgan fingerprint density at radius 3 is 2.62 bits per heavy atom. The Kier molecular flexibility index (Phi) is 5.85. The van der Waals surface area contributed by atoms with Crippen molar-refractivity contribution in [2.45, 2.75) is 26.2 Å². The predicted molar refractivity (Wildman–Crippen MR) is 50.2 cm³/mol. The number of Topliss-reactive ketones (excluding diaryl/α,β-unsaturated/α-hetero) is 1. The van der Waals surface area contributed by atoms with Crippen molar-refractivity contribution in [3.8, 4) is 0 Å². The summed E-state index contributed by atoms with van der Waals surface area (Å²) >= 11 is 0.